The van der Waals surface area contributed by atoms with Gasteiger partial charge in [-0.05, 0) is 39.0 Å². The molecule has 0 saturated carbocycles. The number of carboxylic acid groups (broad SMARTS) is 1. The van der Waals surface area contributed by atoms with Gasteiger partial charge >= 0.3 is 5.97 Å². The molecule has 4 heteroatoms. The van der Waals surface area contributed by atoms with Gasteiger partial charge in [-0.2, -0.15) is 0 Å². The van der Waals surface area contributed by atoms with Crippen LogP contribution in [-0.4, -0.2) is 28.1 Å². The maximum Gasteiger partial charge on any atom is 0.303 e. The van der Waals surface area contributed by atoms with Crippen LogP contribution in [-0.2, 0) is 9.59 Å². The van der Waals surface area contributed by atoms with Crippen LogP contribution in [0.2, 0.25) is 0 Å². The predicted molar refractivity (Wildman–Crippen MR) is 93.5 cm³/mol. The van der Waals surface area contributed by atoms with Gasteiger partial charge in [-0.1, -0.05) is 51.9 Å². The molecule has 0 rings (SSSR count). The summed E-state index contributed by atoms with van der Waals surface area (Å²) in [7, 11) is 0. The van der Waals surface area contributed by atoms with E-state index in [1.807, 2.05) is 0 Å². The summed E-state index contributed by atoms with van der Waals surface area (Å²) < 4.78 is 0. The lowest BCUT2D eigenvalue weighted by Crippen LogP contribution is -2.13. The molecule has 2 N–H and O–H groups in total. The maximum atomic E-state index is 11.7. The van der Waals surface area contributed by atoms with E-state index >= 15 is 0 Å². The standard InChI is InChI=1S/C19H36O4/c1-3-4-7-13-18(21)14-10-12-17(16(2)20)11-8-5-6-9-15-19(22)23/h17-18,21H,3-15H2,1-2H3,(H,22,23). The van der Waals surface area contributed by atoms with Gasteiger partial charge in [-0.15, -0.1) is 0 Å². The van der Waals surface area contributed by atoms with Crippen LogP contribution in [0.25, 0.3) is 0 Å². The van der Waals surface area contributed by atoms with E-state index in [4.69, 9.17) is 5.11 Å². The smallest absolute Gasteiger partial charge is 0.303 e. The fourth-order valence-corrected chi connectivity index (χ4v) is 2.95. The normalized spacial score (nSPS) is 13.7. The third kappa shape index (κ3) is 14.4. The number of rotatable bonds is 16. The molecule has 136 valence electrons. The molecule has 0 radical (unpaired) electrons. The van der Waals surface area contributed by atoms with E-state index in [9.17, 15) is 14.7 Å². The van der Waals surface area contributed by atoms with Crippen molar-refractivity contribution in [3.63, 3.8) is 0 Å². The van der Waals surface area contributed by atoms with Crippen LogP contribution in [0.4, 0.5) is 0 Å². The first-order chi connectivity index (χ1) is 11.0. The van der Waals surface area contributed by atoms with Crippen LogP contribution in [0.15, 0.2) is 0 Å². The van der Waals surface area contributed by atoms with Gasteiger partial charge in [0.2, 0.25) is 0 Å². The van der Waals surface area contributed by atoms with Crippen molar-refractivity contribution < 1.29 is 19.8 Å². The number of carbonyl (C=O) groups is 2. The minimum absolute atomic E-state index is 0.109. The Hall–Kier alpha value is -0.900. The Morgan fingerprint density at radius 2 is 1.39 bits per heavy atom. The fourth-order valence-electron chi connectivity index (χ4n) is 2.95. The monoisotopic (exact) mass is 328 g/mol. The molecule has 0 bridgehead atoms. The number of hydrogen-bond acceptors (Lipinski definition) is 3. The molecule has 0 saturated heterocycles. The van der Waals surface area contributed by atoms with E-state index < -0.39 is 5.97 Å². The van der Waals surface area contributed by atoms with Gasteiger partial charge in [0.15, 0.2) is 0 Å². The number of aliphatic carboxylic acids is 1. The first-order valence-electron chi connectivity index (χ1n) is 9.37. The topological polar surface area (TPSA) is 74.6 Å². The molecule has 2 unspecified atom stereocenters. The van der Waals surface area contributed by atoms with E-state index in [1.165, 1.54) is 12.8 Å². The molecule has 4 nitrogen and oxygen atoms in total. The minimum atomic E-state index is -0.732. The van der Waals surface area contributed by atoms with Crippen LogP contribution in [0.1, 0.15) is 97.3 Å². The Labute approximate surface area is 141 Å². The highest BCUT2D eigenvalue weighted by atomic mass is 16.4. The molecule has 0 heterocycles. The molecule has 0 aromatic heterocycles. The molecule has 0 spiro atoms. The second-order valence-corrected chi connectivity index (χ2v) is 6.73. The molecule has 0 aromatic carbocycles. The van der Waals surface area contributed by atoms with Crippen LogP contribution in [0.3, 0.4) is 0 Å². The zero-order valence-electron chi connectivity index (χ0n) is 15.1. The van der Waals surface area contributed by atoms with Crippen LogP contribution >= 0.6 is 0 Å². The van der Waals surface area contributed by atoms with E-state index in [1.54, 1.807) is 6.92 Å². The lowest BCUT2D eigenvalue weighted by Gasteiger charge is -2.15. The summed E-state index contributed by atoms with van der Waals surface area (Å²) in [6.45, 7) is 3.82. The van der Waals surface area contributed by atoms with Crippen molar-refractivity contribution in [1.82, 2.24) is 0 Å². The average Bonchev–Trinajstić information content (AvgIpc) is 2.48. The molecule has 23 heavy (non-hydrogen) atoms. The number of aliphatic hydroxyl groups excluding tert-OH is 1. The highest BCUT2D eigenvalue weighted by molar-refractivity contribution is 5.78. The van der Waals surface area contributed by atoms with Gasteiger partial charge in [0.25, 0.3) is 0 Å². The molecule has 2 atom stereocenters. The Kier molecular flexibility index (Phi) is 14.1. The van der Waals surface area contributed by atoms with Gasteiger partial charge in [0.05, 0.1) is 6.10 Å². The first kappa shape index (κ1) is 22.1. The summed E-state index contributed by atoms with van der Waals surface area (Å²) >= 11 is 0. The number of carbonyl (C=O) groups excluding carboxylic acids is 1. The Morgan fingerprint density at radius 1 is 0.826 bits per heavy atom. The van der Waals surface area contributed by atoms with Crippen molar-refractivity contribution in [2.24, 2.45) is 5.92 Å². The molecule has 0 aromatic rings. The highest BCUT2D eigenvalue weighted by Gasteiger charge is 2.14. The number of aliphatic hydroxyl groups is 1. The molecule has 0 fully saturated rings. The molecular formula is C19H36O4. The SMILES string of the molecule is CCCCCC(O)CCCC(CCCCCCC(=O)O)C(C)=O. The largest absolute Gasteiger partial charge is 0.481 e. The van der Waals surface area contributed by atoms with Gasteiger partial charge in [-0.25, -0.2) is 0 Å². The zero-order valence-corrected chi connectivity index (χ0v) is 15.1. The van der Waals surface area contributed by atoms with Gasteiger partial charge in [0.1, 0.15) is 5.78 Å². The lowest BCUT2D eigenvalue weighted by molar-refractivity contribution is -0.137. The summed E-state index contributed by atoms with van der Waals surface area (Å²) in [5.74, 6) is -0.377. The van der Waals surface area contributed by atoms with Crippen LogP contribution in [0.5, 0.6) is 0 Å². The maximum absolute atomic E-state index is 11.7. The number of unbranched alkanes of at least 4 members (excludes halogenated alkanes) is 5. The predicted octanol–water partition coefficient (Wildman–Crippen LogP) is 4.73. The van der Waals surface area contributed by atoms with Crippen molar-refractivity contribution in [2.45, 2.75) is 103 Å². The number of Topliss-reactive ketones (excluding diaryl/α,β-unsaturated/α-hetero) is 1. The van der Waals surface area contributed by atoms with Crippen molar-refractivity contribution in [2.75, 3.05) is 0 Å². The minimum Gasteiger partial charge on any atom is -0.481 e. The number of ketones is 1. The zero-order chi connectivity index (χ0) is 17.5. The number of carboxylic acids is 1. The quantitative estimate of drug-likeness (QED) is 0.402. The van der Waals surface area contributed by atoms with Gasteiger partial charge in [0, 0.05) is 12.3 Å². The van der Waals surface area contributed by atoms with E-state index in [-0.39, 0.29) is 24.2 Å². The van der Waals surface area contributed by atoms with Crippen LogP contribution in [0, 0.1) is 5.92 Å². The van der Waals surface area contributed by atoms with Crippen LogP contribution < -0.4 is 0 Å². The fraction of sp³-hybridized carbons (Fsp3) is 0.895. The summed E-state index contributed by atoms with van der Waals surface area (Å²) in [5.41, 5.74) is 0. The second kappa shape index (κ2) is 14.7. The Bertz CT molecular complexity index is 314. The van der Waals surface area contributed by atoms with E-state index in [0.717, 1.165) is 64.2 Å². The summed E-state index contributed by atoms with van der Waals surface area (Å²) in [6, 6.07) is 0. The van der Waals surface area contributed by atoms with Gasteiger partial charge in [-0.3, -0.25) is 9.59 Å². The highest BCUT2D eigenvalue weighted by Crippen LogP contribution is 2.20. The van der Waals surface area contributed by atoms with Crippen molar-refractivity contribution >= 4 is 11.8 Å². The average molecular weight is 328 g/mol. The van der Waals surface area contributed by atoms with E-state index in [2.05, 4.69) is 6.92 Å². The van der Waals surface area contributed by atoms with E-state index in [0.29, 0.717) is 0 Å². The molecule has 0 amide bonds. The van der Waals surface area contributed by atoms with Crippen molar-refractivity contribution in [3.05, 3.63) is 0 Å². The van der Waals surface area contributed by atoms with Crippen molar-refractivity contribution in [1.29, 1.82) is 0 Å². The molecule has 0 aliphatic heterocycles. The first-order valence-corrected chi connectivity index (χ1v) is 9.37. The Morgan fingerprint density at radius 3 is 2.00 bits per heavy atom. The number of hydrogen-bond donors (Lipinski definition) is 2. The summed E-state index contributed by atoms with van der Waals surface area (Å²) in [4.78, 5) is 22.1. The lowest BCUT2D eigenvalue weighted by atomic mass is 9.91. The summed E-state index contributed by atoms with van der Waals surface area (Å²) in [6.07, 6.45) is 11.5. The molecular weight excluding hydrogens is 292 g/mol. The molecule has 0 aliphatic carbocycles. The molecule has 0 aliphatic rings. The summed E-state index contributed by atoms with van der Waals surface area (Å²) in [5, 5.41) is 18.5. The van der Waals surface area contributed by atoms with Gasteiger partial charge < -0.3 is 10.2 Å². The Balaban J connectivity index is 3.73. The third-order valence-corrected chi connectivity index (χ3v) is 4.50. The third-order valence-electron chi connectivity index (χ3n) is 4.50. The second-order valence-electron chi connectivity index (χ2n) is 6.73. The van der Waals surface area contributed by atoms with Crippen molar-refractivity contribution in [3.8, 4) is 0 Å².